The first-order valence-electron chi connectivity index (χ1n) is 7.60. The molecule has 1 N–H and O–H groups in total. The van der Waals surface area contributed by atoms with Gasteiger partial charge >= 0.3 is 0 Å². The van der Waals surface area contributed by atoms with Gasteiger partial charge in [-0.25, -0.2) is 12.7 Å². The maximum Gasteiger partial charge on any atom is 0.230 e. The highest BCUT2D eigenvalue weighted by atomic mass is 32.2. The summed E-state index contributed by atoms with van der Waals surface area (Å²) in [6.45, 7) is 6.49. The van der Waals surface area contributed by atoms with Crippen LogP contribution < -0.4 is 5.32 Å². The Morgan fingerprint density at radius 3 is 2.87 bits per heavy atom. The number of piperidine rings is 1. The number of sulfonamides is 1. The minimum Gasteiger partial charge on any atom is -0.300 e. The van der Waals surface area contributed by atoms with Crippen LogP contribution in [-0.4, -0.2) is 52.9 Å². The molecule has 1 aromatic heterocycles. The van der Waals surface area contributed by atoms with E-state index < -0.39 is 10.0 Å². The van der Waals surface area contributed by atoms with Gasteiger partial charge in [-0.1, -0.05) is 36.9 Å². The summed E-state index contributed by atoms with van der Waals surface area (Å²) in [5, 5.41) is 11.6. The summed E-state index contributed by atoms with van der Waals surface area (Å²) in [6.07, 6.45) is 1.38. The summed E-state index contributed by atoms with van der Waals surface area (Å²) >= 11 is 2.94. The number of aromatic nitrogens is 2. The SMILES string of the molecule is CCS(=O)(=O)N1CCCC(C(=O)Nc2nnc(SC(C)C)s2)C1. The average molecular weight is 379 g/mol. The normalized spacial score (nSPS) is 19.9. The lowest BCUT2D eigenvalue weighted by Gasteiger charge is -2.30. The molecule has 2 heterocycles. The Morgan fingerprint density at radius 2 is 2.22 bits per heavy atom. The molecule has 1 atom stereocenters. The van der Waals surface area contributed by atoms with E-state index in [1.54, 1.807) is 18.7 Å². The zero-order valence-corrected chi connectivity index (χ0v) is 15.9. The van der Waals surface area contributed by atoms with Crippen LogP contribution >= 0.6 is 23.1 Å². The van der Waals surface area contributed by atoms with Gasteiger partial charge in [0.1, 0.15) is 0 Å². The molecule has 1 unspecified atom stereocenters. The van der Waals surface area contributed by atoms with Crippen molar-refractivity contribution >= 4 is 44.2 Å². The number of nitrogens with one attached hydrogen (secondary N) is 1. The van der Waals surface area contributed by atoms with Crippen molar-refractivity contribution in [1.29, 1.82) is 0 Å². The van der Waals surface area contributed by atoms with Crippen LogP contribution in [0.3, 0.4) is 0 Å². The van der Waals surface area contributed by atoms with Crippen molar-refractivity contribution in [2.45, 2.75) is 43.2 Å². The van der Waals surface area contributed by atoms with Gasteiger partial charge in [0.2, 0.25) is 21.1 Å². The summed E-state index contributed by atoms with van der Waals surface area (Å²) in [4.78, 5) is 12.4. The molecular weight excluding hydrogens is 356 g/mol. The number of hydrogen-bond acceptors (Lipinski definition) is 7. The Morgan fingerprint density at radius 1 is 1.48 bits per heavy atom. The average Bonchev–Trinajstić information content (AvgIpc) is 2.93. The highest BCUT2D eigenvalue weighted by Gasteiger charge is 2.31. The zero-order chi connectivity index (χ0) is 17.0. The zero-order valence-electron chi connectivity index (χ0n) is 13.5. The van der Waals surface area contributed by atoms with E-state index >= 15 is 0 Å². The number of thioether (sulfide) groups is 1. The van der Waals surface area contributed by atoms with E-state index in [9.17, 15) is 13.2 Å². The van der Waals surface area contributed by atoms with Gasteiger partial charge < -0.3 is 5.32 Å². The number of hydrogen-bond donors (Lipinski definition) is 1. The molecule has 1 amide bonds. The van der Waals surface area contributed by atoms with Gasteiger partial charge in [-0.3, -0.25) is 4.79 Å². The van der Waals surface area contributed by atoms with Gasteiger partial charge in [-0.05, 0) is 19.8 Å². The molecule has 0 radical (unpaired) electrons. The third-order valence-corrected chi connectivity index (χ3v) is 7.26. The fraction of sp³-hybridized carbons (Fsp3) is 0.769. The Bertz CT molecular complexity index is 645. The standard InChI is InChI=1S/C13H22N4O3S3/c1-4-23(19,20)17-7-5-6-10(8-17)11(18)14-12-15-16-13(22-12)21-9(2)3/h9-10H,4-8H2,1-3H3,(H,14,15,18). The number of nitrogens with zero attached hydrogens (tertiary/aromatic N) is 3. The smallest absolute Gasteiger partial charge is 0.230 e. The highest BCUT2D eigenvalue weighted by molar-refractivity contribution is 8.01. The summed E-state index contributed by atoms with van der Waals surface area (Å²) < 4.78 is 26.1. The molecule has 10 heteroatoms. The molecule has 7 nitrogen and oxygen atoms in total. The van der Waals surface area contributed by atoms with E-state index in [-0.39, 0.29) is 24.1 Å². The van der Waals surface area contributed by atoms with Crippen LogP contribution in [0.1, 0.15) is 33.6 Å². The van der Waals surface area contributed by atoms with E-state index in [2.05, 4.69) is 29.4 Å². The molecule has 0 aromatic carbocycles. The largest absolute Gasteiger partial charge is 0.300 e. The third-order valence-electron chi connectivity index (χ3n) is 3.49. The molecule has 0 aliphatic carbocycles. The summed E-state index contributed by atoms with van der Waals surface area (Å²) in [5.74, 6) is -0.457. The predicted molar refractivity (Wildman–Crippen MR) is 93.3 cm³/mol. The quantitative estimate of drug-likeness (QED) is 0.601. The van der Waals surface area contributed by atoms with E-state index in [1.165, 1.54) is 15.6 Å². The second kappa shape index (κ2) is 7.91. The minimum atomic E-state index is -3.25. The van der Waals surface area contributed by atoms with Gasteiger partial charge in [0.25, 0.3) is 0 Å². The van der Waals surface area contributed by atoms with E-state index in [0.29, 0.717) is 29.8 Å². The lowest BCUT2D eigenvalue weighted by Crippen LogP contribution is -2.44. The predicted octanol–water partition coefficient (Wildman–Crippen LogP) is 2.04. The first-order chi connectivity index (χ1) is 10.8. The number of carbonyl (C=O) groups excluding carboxylic acids is 1. The van der Waals surface area contributed by atoms with Crippen LogP contribution in [0.5, 0.6) is 0 Å². The fourth-order valence-corrected chi connectivity index (χ4v) is 5.47. The van der Waals surface area contributed by atoms with Crippen LogP contribution in [0.2, 0.25) is 0 Å². The number of rotatable bonds is 6. The molecule has 130 valence electrons. The molecular formula is C13H22N4O3S3. The van der Waals surface area contributed by atoms with Crippen molar-refractivity contribution in [1.82, 2.24) is 14.5 Å². The van der Waals surface area contributed by atoms with Gasteiger partial charge in [-0.15, -0.1) is 10.2 Å². The molecule has 1 saturated heterocycles. The molecule has 0 bridgehead atoms. The highest BCUT2D eigenvalue weighted by Crippen LogP contribution is 2.29. The van der Waals surface area contributed by atoms with Gasteiger partial charge in [-0.2, -0.15) is 0 Å². The molecule has 1 fully saturated rings. The van der Waals surface area contributed by atoms with Crippen LogP contribution in [0.15, 0.2) is 4.34 Å². The molecule has 1 aliphatic rings. The van der Waals surface area contributed by atoms with Crippen molar-refractivity contribution in [2.75, 3.05) is 24.2 Å². The van der Waals surface area contributed by atoms with Crippen molar-refractivity contribution in [2.24, 2.45) is 5.92 Å². The first-order valence-corrected chi connectivity index (χ1v) is 10.9. The van der Waals surface area contributed by atoms with Crippen molar-refractivity contribution in [3.63, 3.8) is 0 Å². The van der Waals surface area contributed by atoms with E-state index in [0.717, 1.165) is 4.34 Å². The number of anilines is 1. The third kappa shape index (κ3) is 5.13. The minimum absolute atomic E-state index is 0.0630. The van der Waals surface area contributed by atoms with Crippen molar-refractivity contribution in [3.05, 3.63) is 0 Å². The molecule has 1 aliphatic heterocycles. The molecule has 1 aromatic rings. The summed E-state index contributed by atoms with van der Waals surface area (Å²) in [5.41, 5.74) is 0. The maximum atomic E-state index is 12.4. The molecule has 2 rings (SSSR count). The molecule has 0 spiro atoms. The van der Waals surface area contributed by atoms with Crippen LogP contribution in [0.4, 0.5) is 5.13 Å². The second-order valence-electron chi connectivity index (χ2n) is 5.63. The number of amides is 1. The Balaban J connectivity index is 1.96. The van der Waals surface area contributed by atoms with Crippen molar-refractivity contribution < 1.29 is 13.2 Å². The topological polar surface area (TPSA) is 92.3 Å². The second-order valence-corrected chi connectivity index (χ2v) is 10.7. The van der Waals surface area contributed by atoms with Crippen molar-refractivity contribution in [3.8, 4) is 0 Å². The van der Waals surface area contributed by atoms with Crippen LogP contribution in [0, 0.1) is 5.92 Å². The lowest BCUT2D eigenvalue weighted by atomic mass is 9.99. The van der Waals surface area contributed by atoms with Gasteiger partial charge in [0.15, 0.2) is 4.34 Å². The van der Waals surface area contributed by atoms with Gasteiger partial charge in [0.05, 0.1) is 11.7 Å². The van der Waals surface area contributed by atoms with Gasteiger partial charge in [0, 0.05) is 18.3 Å². The Kier molecular flexibility index (Phi) is 6.40. The van der Waals surface area contributed by atoms with E-state index in [4.69, 9.17) is 0 Å². The first kappa shape index (κ1) is 18.6. The number of carbonyl (C=O) groups is 1. The maximum absolute atomic E-state index is 12.4. The Labute approximate surface area is 145 Å². The fourth-order valence-electron chi connectivity index (χ4n) is 2.31. The molecule has 23 heavy (non-hydrogen) atoms. The van der Waals surface area contributed by atoms with Crippen LogP contribution in [0.25, 0.3) is 0 Å². The monoisotopic (exact) mass is 378 g/mol. The van der Waals surface area contributed by atoms with E-state index in [1.807, 2.05) is 0 Å². The lowest BCUT2D eigenvalue weighted by molar-refractivity contribution is -0.120. The summed E-state index contributed by atoms with van der Waals surface area (Å²) in [6, 6.07) is 0. The molecule has 0 saturated carbocycles. The summed E-state index contributed by atoms with van der Waals surface area (Å²) in [7, 11) is -3.25. The Hall–Kier alpha value is -0.710. The van der Waals surface area contributed by atoms with Crippen LogP contribution in [-0.2, 0) is 14.8 Å².